The van der Waals surface area contributed by atoms with E-state index in [-0.39, 0.29) is 24.1 Å². The summed E-state index contributed by atoms with van der Waals surface area (Å²) in [5, 5.41) is 8.88. The van der Waals surface area contributed by atoms with Crippen LogP contribution in [0.3, 0.4) is 0 Å². The lowest BCUT2D eigenvalue weighted by atomic mass is 10.2. The van der Waals surface area contributed by atoms with Gasteiger partial charge >= 0.3 is 0 Å². The van der Waals surface area contributed by atoms with Crippen LogP contribution in [-0.4, -0.2) is 43.5 Å². The first-order valence-electron chi connectivity index (χ1n) is 7.85. The van der Waals surface area contributed by atoms with E-state index in [0.29, 0.717) is 18.1 Å². The van der Waals surface area contributed by atoms with Crippen LogP contribution in [0, 0.1) is 11.3 Å². The van der Waals surface area contributed by atoms with Crippen LogP contribution in [0.15, 0.2) is 41.4 Å². The Hall–Kier alpha value is -2.63. The highest BCUT2D eigenvalue weighted by molar-refractivity contribution is 7.89. The smallest absolute Gasteiger partial charge is 0.243 e. The lowest BCUT2D eigenvalue weighted by Crippen LogP contribution is -2.56. The third-order valence-electron chi connectivity index (χ3n) is 4.26. The van der Waals surface area contributed by atoms with E-state index in [1.54, 1.807) is 24.3 Å². The van der Waals surface area contributed by atoms with Crippen molar-refractivity contribution in [1.82, 2.24) is 9.29 Å². The van der Waals surface area contributed by atoms with E-state index >= 15 is 0 Å². The van der Waals surface area contributed by atoms with E-state index in [4.69, 9.17) is 14.7 Å². The van der Waals surface area contributed by atoms with Crippen molar-refractivity contribution >= 4 is 10.0 Å². The van der Waals surface area contributed by atoms with Crippen LogP contribution >= 0.6 is 0 Å². The maximum atomic E-state index is 12.7. The molecule has 0 saturated carbocycles. The van der Waals surface area contributed by atoms with Gasteiger partial charge in [0.25, 0.3) is 0 Å². The number of hydrogen-bond donors (Lipinski definition) is 0. The molecule has 0 atom stereocenters. The molecule has 2 aromatic rings. The highest BCUT2D eigenvalue weighted by atomic mass is 32.2. The molecule has 7 nitrogen and oxygen atoms in total. The molecule has 0 aliphatic carbocycles. The monoisotopic (exact) mass is 357 g/mol. The maximum Gasteiger partial charge on any atom is 0.243 e. The summed E-state index contributed by atoms with van der Waals surface area (Å²) in [4.78, 5) is 4.32. The van der Waals surface area contributed by atoms with Gasteiger partial charge in [-0.2, -0.15) is 9.57 Å². The standard InChI is InChI=1S/C17H15N3O4S/c18-9-12-3-5-19-17(7-12)24-14-10-20(11-14)25(21,22)15-1-2-16-13(8-15)4-6-23-16/h1-3,5,7-8,14H,4,6,10-11H2. The minimum atomic E-state index is -3.54. The van der Waals surface area contributed by atoms with E-state index in [1.165, 1.54) is 16.6 Å². The van der Waals surface area contributed by atoms with Gasteiger partial charge in [-0.05, 0) is 29.8 Å². The molecule has 0 radical (unpaired) electrons. The topological polar surface area (TPSA) is 92.5 Å². The Morgan fingerprint density at radius 3 is 2.92 bits per heavy atom. The Labute approximate surface area is 145 Å². The van der Waals surface area contributed by atoms with Gasteiger partial charge in [-0.25, -0.2) is 13.4 Å². The molecule has 0 spiro atoms. The van der Waals surface area contributed by atoms with Crippen molar-refractivity contribution in [2.45, 2.75) is 17.4 Å². The molecule has 25 heavy (non-hydrogen) atoms. The molecule has 0 bridgehead atoms. The third kappa shape index (κ3) is 2.92. The maximum absolute atomic E-state index is 12.7. The van der Waals surface area contributed by atoms with Crippen molar-refractivity contribution < 1.29 is 17.9 Å². The van der Waals surface area contributed by atoms with Gasteiger partial charge in [0.05, 0.1) is 36.2 Å². The van der Waals surface area contributed by atoms with Crippen molar-refractivity contribution in [3.8, 4) is 17.7 Å². The number of fused-ring (bicyclic) bond motifs is 1. The molecule has 1 saturated heterocycles. The van der Waals surface area contributed by atoms with Gasteiger partial charge in [0.15, 0.2) is 0 Å². The largest absolute Gasteiger partial charge is 0.493 e. The second-order valence-electron chi connectivity index (χ2n) is 5.92. The van der Waals surface area contributed by atoms with Gasteiger partial charge in [0.1, 0.15) is 11.9 Å². The number of ether oxygens (including phenoxy) is 2. The second-order valence-corrected chi connectivity index (χ2v) is 7.86. The number of nitriles is 1. The van der Waals surface area contributed by atoms with Gasteiger partial charge in [0, 0.05) is 18.7 Å². The molecule has 8 heteroatoms. The van der Waals surface area contributed by atoms with Crippen molar-refractivity contribution in [3.63, 3.8) is 0 Å². The zero-order chi connectivity index (χ0) is 17.4. The Kier molecular flexibility index (Phi) is 3.82. The van der Waals surface area contributed by atoms with Crippen LogP contribution in [-0.2, 0) is 16.4 Å². The van der Waals surface area contributed by atoms with E-state index in [2.05, 4.69) is 4.98 Å². The van der Waals surface area contributed by atoms with Gasteiger partial charge in [-0.3, -0.25) is 0 Å². The number of rotatable bonds is 4. The summed E-state index contributed by atoms with van der Waals surface area (Å²) >= 11 is 0. The lowest BCUT2D eigenvalue weighted by molar-refractivity contribution is 0.0720. The molecule has 0 unspecified atom stereocenters. The molecule has 1 aromatic heterocycles. The first-order chi connectivity index (χ1) is 12.1. The SMILES string of the molecule is N#Cc1ccnc(OC2CN(S(=O)(=O)c3ccc4c(c3)CCO4)C2)c1. The number of pyridine rings is 1. The fourth-order valence-electron chi connectivity index (χ4n) is 2.86. The average molecular weight is 357 g/mol. The van der Waals surface area contributed by atoms with Crippen LogP contribution in [0.4, 0.5) is 0 Å². The number of aromatic nitrogens is 1. The summed E-state index contributed by atoms with van der Waals surface area (Å²) < 4.78 is 37.8. The van der Waals surface area contributed by atoms with E-state index in [1.807, 2.05) is 6.07 Å². The van der Waals surface area contributed by atoms with Crippen molar-refractivity contribution in [1.29, 1.82) is 5.26 Å². The van der Waals surface area contributed by atoms with Crippen LogP contribution in [0.25, 0.3) is 0 Å². The number of benzene rings is 1. The number of sulfonamides is 1. The highest BCUT2D eigenvalue weighted by Gasteiger charge is 2.38. The summed E-state index contributed by atoms with van der Waals surface area (Å²) in [7, 11) is -3.54. The zero-order valence-corrected chi connectivity index (χ0v) is 14.1. The number of nitrogens with zero attached hydrogens (tertiary/aromatic N) is 3. The van der Waals surface area contributed by atoms with Gasteiger partial charge in [-0.15, -0.1) is 0 Å². The van der Waals surface area contributed by atoms with Crippen molar-refractivity contribution in [2.75, 3.05) is 19.7 Å². The predicted molar refractivity (Wildman–Crippen MR) is 87.8 cm³/mol. The first-order valence-corrected chi connectivity index (χ1v) is 9.29. The quantitative estimate of drug-likeness (QED) is 0.820. The Morgan fingerprint density at radius 1 is 1.28 bits per heavy atom. The average Bonchev–Trinajstić information content (AvgIpc) is 3.05. The molecule has 0 amide bonds. The first kappa shape index (κ1) is 15.9. The van der Waals surface area contributed by atoms with Crippen LogP contribution in [0.1, 0.15) is 11.1 Å². The molecule has 1 aromatic carbocycles. The van der Waals surface area contributed by atoms with Gasteiger partial charge in [0.2, 0.25) is 15.9 Å². The second kappa shape index (κ2) is 6.02. The predicted octanol–water partition coefficient (Wildman–Crippen LogP) is 1.34. The molecule has 128 valence electrons. The highest BCUT2D eigenvalue weighted by Crippen LogP contribution is 2.30. The minimum Gasteiger partial charge on any atom is -0.493 e. The van der Waals surface area contributed by atoms with Crippen LogP contribution in [0.5, 0.6) is 11.6 Å². The molecular formula is C17H15N3O4S. The summed E-state index contributed by atoms with van der Waals surface area (Å²) in [6.45, 7) is 1.11. The molecule has 4 rings (SSSR count). The van der Waals surface area contributed by atoms with E-state index in [0.717, 1.165) is 17.7 Å². The molecule has 1 fully saturated rings. The van der Waals surface area contributed by atoms with Crippen molar-refractivity contribution in [2.24, 2.45) is 0 Å². The summed E-state index contributed by atoms with van der Waals surface area (Å²) in [6.07, 6.45) is 1.95. The molecule has 3 heterocycles. The normalized spacial score (nSPS) is 17.2. The zero-order valence-electron chi connectivity index (χ0n) is 13.3. The molecule has 2 aliphatic rings. The number of hydrogen-bond acceptors (Lipinski definition) is 6. The summed E-state index contributed by atoms with van der Waals surface area (Å²) in [5.74, 6) is 1.09. The van der Waals surface area contributed by atoms with E-state index in [9.17, 15) is 8.42 Å². The Bertz CT molecular complexity index is 962. The fraction of sp³-hybridized carbons (Fsp3) is 0.294. The van der Waals surface area contributed by atoms with Crippen LogP contribution in [0.2, 0.25) is 0 Å². The Morgan fingerprint density at radius 2 is 2.12 bits per heavy atom. The van der Waals surface area contributed by atoms with Crippen molar-refractivity contribution in [3.05, 3.63) is 47.7 Å². The van der Waals surface area contributed by atoms with Gasteiger partial charge < -0.3 is 9.47 Å². The lowest BCUT2D eigenvalue weighted by Gasteiger charge is -2.37. The van der Waals surface area contributed by atoms with Gasteiger partial charge in [-0.1, -0.05) is 0 Å². The minimum absolute atomic E-state index is 0.258. The fourth-order valence-corrected chi connectivity index (χ4v) is 4.41. The summed E-state index contributed by atoms with van der Waals surface area (Å²) in [5.41, 5.74) is 1.38. The molecular weight excluding hydrogens is 342 g/mol. The molecule has 2 aliphatic heterocycles. The van der Waals surface area contributed by atoms with E-state index < -0.39 is 10.0 Å². The third-order valence-corrected chi connectivity index (χ3v) is 6.09. The Balaban J connectivity index is 1.43. The van der Waals surface area contributed by atoms with Crippen LogP contribution < -0.4 is 9.47 Å². The molecule has 0 N–H and O–H groups in total. The summed E-state index contributed by atoms with van der Waals surface area (Å²) in [6, 6.07) is 10.1.